The van der Waals surface area contributed by atoms with E-state index in [0.29, 0.717) is 13.0 Å². The summed E-state index contributed by atoms with van der Waals surface area (Å²) in [6.45, 7) is 6.00. The van der Waals surface area contributed by atoms with E-state index in [9.17, 15) is 14.4 Å². The fraction of sp³-hybridized carbons (Fsp3) is 0.750. The number of hydrogen-bond acceptors (Lipinski definition) is 5. The van der Waals surface area contributed by atoms with E-state index in [-0.39, 0.29) is 13.1 Å². The number of ether oxygens (including phenoxy) is 2. The Morgan fingerprint density at radius 3 is 2.37 bits per heavy atom. The van der Waals surface area contributed by atoms with Crippen molar-refractivity contribution in [3.05, 3.63) is 0 Å². The Morgan fingerprint density at radius 1 is 1.26 bits per heavy atom. The third-order valence-corrected chi connectivity index (χ3v) is 2.68. The van der Waals surface area contributed by atoms with Crippen LogP contribution in [0.5, 0.6) is 0 Å². The molecular weight excluding hydrogens is 252 g/mol. The maximum absolute atomic E-state index is 11.9. The van der Waals surface area contributed by atoms with E-state index in [0.717, 1.165) is 0 Å². The summed E-state index contributed by atoms with van der Waals surface area (Å²) in [6, 6.07) is -0.774. The van der Waals surface area contributed by atoms with Gasteiger partial charge in [0.15, 0.2) is 0 Å². The molecule has 1 atom stereocenters. The Bertz CT molecular complexity index is 364. The number of rotatable bonds is 2. The number of carbonyl (C=O) groups is 3. The molecule has 0 saturated carbocycles. The van der Waals surface area contributed by atoms with Crippen LogP contribution in [0.2, 0.25) is 0 Å². The van der Waals surface area contributed by atoms with E-state index >= 15 is 0 Å². The van der Waals surface area contributed by atoms with E-state index in [1.165, 1.54) is 16.9 Å². The first kappa shape index (κ1) is 15.3. The number of hydrogen-bond donors (Lipinski definition) is 0. The van der Waals surface area contributed by atoms with E-state index in [1.807, 2.05) is 0 Å². The van der Waals surface area contributed by atoms with Crippen LogP contribution in [0.15, 0.2) is 0 Å². The zero-order chi connectivity index (χ0) is 14.6. The molecule has 0 unspecified atom stereocenters. The predicted molar refractivity (Wildman–Crippen MR) is 66.4 cm³/mol. The van der Waals surface area contributed by atoms with Gasteiger partial charge in [0.05, 0.1) is 13.7 Å². The Hall–Kier alpha value is -1.79. The molecule has 19 heavy (non-hydrogen) atoms. The molecule has 2 amide bonds. The number of carbonyl (C=O) groups excluding carboxylic acids is 3. The molecule has 0 aromatic heterocycles. The van der Waals surface area contributed by atoms with Gasteiger partial charge in [-0.25, -0.2) is 9.59 Å². The highest BCUT2D eigenvalue weighted by Gasteiger charge is 2.35. The van der Waals surface area contributed by atoms with Gasteiger partial charge in [-0.15, -0.1) is 0 Å². The average Bonchev–Trinajstić information content (AvgIpc) is 2.35. The average molecular weight is 272 g/mol. The highest BCUT2D eigenvalue weighted by Crippen LogP contribution is 2.14. The number of esters is 1. The molecule has 7 nitrogen and oxygen atoms in total. The molecule has 1 aliphatic heterocycles. The molecule has 0 N–H and O–H groups in total. The van der Waals surface area contributed by atoms with Crippen molar-refractivity contribution in [1.82, 2.24) is 9.80 Å². The first-order chi connectivity index (χ1) is 8.78. The van der Waals surface area contributed by atoms with E-state index in [2.05, 4.69) is 4.74 Å². The van der Waals surface area contributed by atoms with Gasteiger partial charge in [0, 0.05) is 13.1 Å². The van der Waals surface area contributed by atoms with Crippen molar-refractivity contribution in [3.8, 4) is 0 Å². The molecule has 108 valence electrons. The molecule has 0 aliphatic carbocycles. The fourth-order valence-corrected chi connectivity index (χ4v) is 1.76. The van der Waals surface area contributed by atoms with Gasteiger partial charge in [0.2, 0.25) is 6.41 Å². The molecule has 1 rings (SSSR count). The Labute approximate surface area is 112 Å². The zero-order valence-electron chi connectivity index (χ0n) is 11.7. The second kappa shape index (κ2) is 5.90. The predicted octanol–water partition coefficient (Wildman–Crippen LogP) is 0.237. The van der Waals surface area contributed by atoms with Crippen LogP contribution in [0.3, 0.4) is 0 Å². The summed E-state index contributed by atoms with van der Waals surface area (Å²) in [5.41, 5.74) is -0.598. The highest BCUT2D eigenvalue weighted by atomic mass is 16.6. The van der Waals surface area contributed by atoms with Gasteiger partial charge in [0.1, 0.15) is 11.6 Å². The maximum Gasteiger partial charge on any atom is 0.410 e. The molecule has 1 heterocycles. The number of piperazine rings is 1. The van der Waals surface area contributed by atoms with Crippen LogP contribution in [0.25, 0.3) is 0 Å². The molecule has 1 aliphatic rings. The number of amides is 2. The van der Waals surface area contributed by atoms with Crippen molar-refractivity contribution >= 4 is 18.5 Å². The van der Waals surface area contributed by atoms with Crippen LogP contribution < -0.4 is 0 Å². The van der Waals surface area contributed by atoms with Gasteiger partial charge in [0.25, 0.3) is 0 Å². The first-order valence-electron chi connectivity index (χ1n) is 6.05. The second-order valence-electron chi connectivity index (χ2n) is 5.31. The van der Waals surface area contributed by atoms with Gasteiger partial charge >= 0.3 is 12.1 Å². The summed E-state index contributed by atoms with van der Waals surface area (Å²) < 4.78 is 9.87. The third-order valence-electron chi connectivity index (χ3n) is 2.68. The Morgan fingerprint density at radius 2 is 1.89 bits per heavy atom. The van der Waals surface area contributed by atoms with Crippen LogP contribution in [0, 0.1) is 0 Å². The van der Waals surface area contributed by atoms with Gasteiger partial charge in [-0.1, -0.05) is 0 Å². The topological polar surface area (TPSA) is 76.2 Å². The monoisotopic (exact) mass is 272 g/mol. The van der Waals surface area contributed by atoms with Gasteiger partial charge in [-0.05, 0) is 20.8 Å². The highest BCUT2D eigenvalue weighted by molar-refractivity contribution is 5.80. The second-order valence-corrected chi connectivity index (χ2v) is 5.31. The molecule has 7 heteroatoms. The van der Waals surface area contributed by atoms with Crippen LogP contribution in [-0.4, -0.2) is 66.7 Å². The first-order valence-corrected chi connectivity index (χ1v) is 6.05. The van der Waals surface area contributed by atoms with Crippen LogP contribution >= 0.6 is 0 Å². The van der Waals surface area contributed by atoms with Gasteiger partial charge in [-0.2, -0.15) is 0 Å². The van der Waals surface area contributed by atoms with Crippen molar-refractivity contribution < 1.29 is 23.9 Å². The van der Waals surface area contributed by atoms with Crippen LogP contribution in [0.1, 0.15) is 20.8 Å². The SMILES string of the molecule is COC(=O)[C@@H]1CN(C(=O)OC(C)(C)C)CCN1C=O. The minimum atomic E-state index is -0.774. The van der Waals surface area contributed by atoms with Crippen molar-refractivity contribution in [2.24, 2.45) is 0 Å². The molecule has 0 radical (unpaired) electrons. The quantitative estimate of drug-likeness (QED) is 0.531. The molecular formula is C12H20N2O5. The van der Waals surface area contributed by atoms with Crippen LogP contribution in [0.4, 0.5) is 4.79 Å². The molecule has 0 bridgehead atoms. The molecule has 1 saturated heterocycles. The minimum Gasteiger partial charge on any atom is -0.467 e. The molecule has 0 aromatic carbocycles. The Kier molecular flexibility index (Phi) is 4.74. The minimum absolute atomic E-state index is 0.0837. The van der Waals surface area contributed by atoms with E-state index in [4.69, 9.17) is 4.74 Å². The summed E-state index contributed by atoms with van der Waals surface area (Å²) in [5, 5.41) is 0. The third kappa shape index (κ3) is 4.11. The summed E-state index contributed by atoms with van der Waals surface area (Å²) >= 11 is 0. The Balaban J connectivity index is 2.72. The molecule has 0 spiro atoms. The smallest absolute Gasteiger partial charge is 0.410 e. The lowest BCUT2D eigenvalue weighted by Gasteiger charge is -2.38. The van der Waals surface area contributed by atoms with E-state index in [1.54, 1.807) is 20.8 Å². The summed E-state index contributed by atoms with van der Waals surface area (Å²) in [7, 11) is 1.25. The van der Waals surface area contributed by atoms with Crippen molar-refractivity contribution in [2.75, 3.05) is 26.7 Å². The number of nitrogens with zero attached hydrogens (tertiary/aromatic N) is 2. The van der Waals surface area contributed by atoms with Crippen LogP contribution in [-0.2, 0) is 19.1 Å². The number of methoxy groups -OCH3 is 1. The lowest BCUT2D eigenvalue weighted by Crippen LogP contribution is -2.58. The van der Waals surface area contributed by atoms with Gasteiger partial charge < -0.3 is 19.3 Å². The largest absolute Gasteiger partial charge is 0.467 e. The fourth-order valence-electron chi connectivity index (χ4n) is 1.76. The van der Waals surface area contributed by atoms with Crippen molar-refractivity contribution in [3.63, 3.8) is 0 Å². The standard InChI is InChI=1S/C12H20N2O5/c1-12(2,3)19-11(17)13-5-6-14(8-15)9(7-13)10(16)18-4/h8-9H,5-7H2,1-4H3/t9-/m0/s1. The van der Waals surface area contributed by atoms with Crippen molar-refractivity contribution in [1.29, 1.82) is 0 Å². The maximum atomic E-state index is 11.9. The summed E-state index contributed by atoms with van der Waals surface area (Å²) in [4.78, 5) is 37.1. The molecule has 0 aromatic rings. The zero-order valence-corrected chi connectivity index (χ0v) is 11.7. The lowest BCUT2D eigenvalue weighted by molar-refractivity contribution is -0.152. The summed E-state index contributed by atoms with van der Waals surface area (Å²) in [5.74, 6) is -0.541. The normalized spacial score (nSPS) is 19.9. The molecule has 1 fully saturated rings. The van der Waals surface area contributed by atoms with Crippen molar-refractivity contribution in [2.45, 2.75) is 32.4 Å². The van der Waals surface area contributed by atoms with Gasteiger partial charge in [-0.3, -0.25) is 4.79 Å². The lowest BCUT2D eigenvalue weighted by atomic mass is 10.2. The summed E-state index contributed by atoms with van der Waals surface area (Å²) in [6.07, 6.45) is 0.0977. The van der Waals surface area contributed by atoms with E-state index < -0.39 is 23.7 Å².